The summed E-state index contributed by atoms with van der Waals surface area (Å²) < 4.78 is 0. The number of nitriles is 1. The number of aryl methyl sites for hydroxylation is 1. The molecule has 0 aliphatic carbocycles. The van der Waals surface area contributed by atoms with Crippen LogP contribution in [-0.4, -0.2) is 19.2 Å². The Balaban J connectivity index is 0.000000970. The average Bonchev–Trinajstić information content (AvgIpc) is 2.88. The van der Waals surface area contributed by atoms with Gasteiger partial charge in [-0.25, -0.2) is 0 Å². The predicted octanol–water partition coefficient (Wildman–Crippen LogP) is 4.20. The molecule has 3 N–H and O–H groups in total. The summed E-state index contributed by atoms with van der Waals surface area (Å²) in [6.07, 6.45) is 2.36. The Morgan fingerprint density at radius 2 is 2.12 bits per heavy atom. The van der Waals surface area contributed by atoms with Gasteiger partial charge in [-0.3, -0.25) is 4.79 Å². The Morgan fingerprint density at radius 3 is 2.68 bits per heavy atom. The maximum absolute atomic E-state index is 12.4. The van der Waals surface area contributed by atoms with Gasteiger partial charge in [-0.1, -0.05) is 24.3 Å². The van der Waals surface area contributed by atoms with Gasteiger partial charge in [0.2, 0.25) is 0 Å². The van der Waals surface area contributed by atoms with Crippen molar-refractivity contribution in [2.75, 3.05) is 17.6 Å². The molecule has 6 heteroatoms. The van der Waals surface area contributed by atoms with Crippen molar-refractivity contribution >= 4 is 34.6 Å². The normalized spacial score (nSPS) is 9.32. The van der Waals surface area contributed by atoms with Crippen molar-refractivity contribution in [3.63, 3.8) is 0 Å². The van der Waals surface area contributed by atoms with E-state index in [-0.39, 0.29) is 5.91 Å². The van der Waals surface area contributed by atoms with E-state index >= 15 is 0 Å². The molecule has 1 heterocycles. The number of nitrogens with one attached hydrogen (secondary N) is 1. The zero-order chi connectivity index (χ0) is 18.8. The summed E-state index contributed by atoms with van der Waals surface area (Å²) in [7, 11) is 0. The summed E-state index contributed by atoms with van der Waals surface area (Å²) in [6, 6.07) is 9.34. The van der Waals surface area contributed by atoms with Crippen LogP contribution in [0.2, 0.25) is 0 Å². The molecule has 0 spiro atoms. The molecule has 1 aromatic heterocycles. The van der Waals surface area contributed by atoms with E-state index in [4.69, 9.17) is 5.73 Å². The Kier molecular flexibility index (Phi) is 8.10. The molecule has 1 amide bonds. The second-order valence-electron chi connectivity index (χ2n) is 5.13. The lowest BCUT2D eigenvalue weighted by molar-refractivity contribution is 0.102. The van der Waals surface area contributed by atoms with Crippen molar-refractivity contribution in [1.82, 2.24) is 0 Å². The number of anilines is 2. The maximum atomic E-state index is 12.4. The van der Waals surface area contributed by atoms with Gasteiger partial charge in [-0.2, -0.15) is 5.26 Å². The van der Waals surface area contributed by atoms with E-state index in [0.29, 0.717) is 34.8 Å². The second-order valence-corrected chi connectivity index (χ2v) is 6.23. The van der Waals surface area contributed by atoms with Gasteiger partial charge in [-0.15, -0.1) is 17.9 Å². The van der Waals surface area contributed by atoms with Gasteiger partial charge in [0.05, 0.1) is 5.69 Å². The SMILES string of the molecule is C=CC.C=NCCc1sc(NC(=O)c2ccccc2C)c(C#N)c1N. The Labute approximate surface area is 152 Å². The highest BCUT2D eigenvalue weighted by Gasteiger charge is 2.18. The maximum Gasteiger partial charge on any atom is 0.256 e. The van der Waals surface area contributed by atoms with Gasteiger partial charge in [0, 0.05) is 23.4 Å². The van der Waals surface area contributed by atoms with E-state index in [1.807, 2.05) is 26.0 Å². The number of nitrogens with two attached hydrogens (primary N) is 1. The number of carbonyl (C=O) groups excluding carboxylic acids is 1. The molecule has 0 saturated heterocycles. The number of hydrogen-bond acceptors (Lipinski definition) is 5. The molecule has 0 aliphatic rings. The van der Waals surface area contributed by atoms with Gasteiger partial charge in [0.15, 0.2) is 0 Å². The number of aliphatic imine (C=N–C) groups is 1. The Hall–Kier alpha value is -2.91. The summed E-state index contributed by atoms with van der Waals surface area (Å²) in [5.74, 6) is -0.246. The highest BCUT2D eigenvalue weighted by molar-refractivity contribution is 7.17. The van der Waals surface area contributed by atoms with Gasteiger partial charge in [-0.05, 0) is 32.2 Å². The quantitative estimate of drug-likeness (QED) is 0.623. The number of benzene rings is 1. The molecule has 0 atom stereocenters. The largest absolute Gasteiger partial charge is 0.397 e. The molecule has 1 aromatic carbocycles. The topological polar surface area (TPSA) is 91.3 Å². The molecule has 25 heavy (non-hydrogen) atoms. The van der Waals surface area contributed by atoms with Gasteiger partial charge < -0.3 is 16.0 Å². The molecule has 0 unspecified atom stereocenters. The van der Waals surface area contributed by atoms with Gasteiger partial charge >= 0.3 is 0 Å². The van der Waals surface area contributed by atoms with Crippen LogP contribution in [-0.2, 0) is 6.42 Å². The lowest BCUT2D eigenvalue weighted by atomic mass is 10.1. The summed E-state index contributed by atoms with van der Waals surface area (Å²) in [4.78, 5) is 17.0. The number of thiophene rings is 1. The predicted molar refractivity (Wildman–Crippen MR) is 107 cm³/mol. The van der Waals surface area contributed by atoms with Crippen LogP contribution in [0.3, 0.4) is 0 Å². The van der Waals surface area contributed by atoms with E-state index in [1.165, 1.54) is 11.3 Å². The first-order valence-electron chi connectivity index (χ1n) is 7.67. The van der Waals surface area contributed by atoms with Crippen molar-refractivity contribution in [3.8, 4) is 6.07 Å². The van der Waals surface area contributed by atoms with E-state index < -0.39 is 0 Å². The van der Waals surface area contributed by atoms with E-state index in [9.17, 15) is 10.1 Å². The summed E-state index contributed by atoms with van der Waals surface area (Å²) in [6.45, 7) is 11.1. The number of amides is 1. The summed E-state index contributed by atoms with van der Waals surface area (Å²) in [5.41, 5.74) is 8.15. The van der Waals surface area contributed by atoms with Crippen LogP contribution < -0.4 is 11.1 Å². The molecule has 2 rings (SSSR count). The number of rotatable bonds is 5. The third-order valence-electron chi connectivity index (χ3n) is 3.25. The average molecular weight is 354 g/mol. The molecular weight excluding hydrogens is 332 g/mol. The highest BCUT2D eigenvalue weighted by Crippen LogP contribution is 2.35. The van der Waals surface area contributed by atoms with Crippen LogP contribution >= 0.6 is 11.3 Å². The first-order chi connectivity index (χ1) is 12.0. The minimum absolute atomic E-state index is 0.246. The number of nitrogen functional groups attached to an aromatic ring is 1. The second kappa shape index (κ2) is 10.1. The monoisotopic (exact) mass is 354 g/mol. The van der Waals surface area contributed by atoms with Crippen LogP contribution in [0.25, 0.3) is 0 Å². The number of nitrogens with zero attached hydrogens (tertiary/aromatic N) is 2. The molecule has 130 valence electrons. The van der Waals surface area contributed by atoms with Crippen molar-refractivity contribution in [1.29, 1.82) is 5.26 Å². The molecular formula is C19H22N4OS. The zero-order valence-corrected chi connectivity index (χ0v) is 15.3. The van der Waals surface area contributed by atoms with Crippen molar-refractivity contribution in [3.05, 3.63) is 58.5 Å². The lowest BCUT2D eigenvalue weighted by Gasteiger charge is -2.06. The Bertz CT molecular complexity index is 802. The molecule has 0 saturated carbocycles. The fourth-order valence-corrected chi connectivity index (χ4v) is 3.11. The third-order valence-corrected chi connectivity index (χ3v) is 4.43. The Morgan fingerprint density at radius 1 is 1.48 bits per heavy atom. The molecule has 0 fully saturated rings. The standard InChI is InChI=1S/C16H16N4OS.C3H6/c1-10-5-3-4-6-11(10)15(21)20-16-12(9-17)14(18)13(22-16)7-8-19-2;1-3-2/h3-6H,2,7-8,18H2,1H3,(H,20,21);3H,1H2,2H3. The van der Waals surface area contributed by atoms with Crippen molar-refractivity contribution < 1.29 is 4.79 Å². The van der Waals surface area contributed by atoms with Crippen LogP contribution in [0, 0.1) is 18.3 Å². The van der Waals surface area contributed by atoms with Crippen molar-refractivity contribution in [2.24, 2.45) is 4.99 Å². The molecule has 0 bridgehead atoms. The minimum atomic E-state index is -0.246. The first-order valence-corrected chi connectivity index (χ1v) is 8.49. The van der Waals surface area contributed by atoms with Crippen LogP contribution in [0.5, 0.6) is 0 Å². The smallest absolute Gasteiger partial charge is 0.256 e. The molecule has 5 nitrogen and oxygen atoms in total. The minimum Gasteiger partial charge on any atom is -0.397 e. The van der Waals surface area contributed by atoms with Gasteiger partial charge in [0.25, 0.3) is 5.91 Å². The van der Waals surface area contributed by atoms with Crippen LogP contribution in [0.1, 0.15) is 33.3 Å². The van der Waals surface area contributed by atoms with Gasteiger partial charge in [0.1, 0.15) is 16.6 Å². The highest BCUT2D eigenvalue weighted by atomic mass is 32.1. The van der Waals surface area contributed by atoms with E-state index in [2.05, 4.69) is 29.7 Å². The lowest BCUT2D eigenvalue weighted by Crippen LogP contribution is -2.13. The van der Waals surface area contributed by atoms with Crippen LogP contribution in [0.15, 0.2) is 41.9 Å². The summed E-state index contributed by atoms with van der Waals surface area (Å²) >= 11 is 1.31. The number of allylic oxidation sites excluding steroid dienone is 1. The zero-order valence-electron chi connectivity index (χ0n) is 14.5. The van der Waals surface area contributed by atoms with Crippen molar-refractivity contribution in [2.45, 2.75) is 20.3 Å². The summed E-state index contributed by atoms with van der Waals surface area (Å²) in [5, 5.41) is 12.5. The number of carbonyl (C=O) groups is 1. The fraction of sp³-hybridized carbons (Fsp3) is 0.211. The number of hydrogen-bond donors (Lipinski definition) is 2. The molecule has 0 aliphatic heterocycles. The molecule has 2 aromatic rings. The van der Waals surface area contributed by atoms with E-state index in [1.54, 1.807) is 18.2 Å². The third kappa shape index (κ3) is 5.30. The first kappa shape index (κ1) is 20.1. The van der Waals surface area contributed by atoms with Crippen LogP contribution in [0.4, 0.5) is 10.7 Å². The molecule has 0 radical (unpaired) electrons. The fourth-order valence-electron chi connectivity index (χ4n) is 2.05. The van der Waals surface area contributed by atoms with E-state index in [0.717, 1.165) is 10.4 Å².